The van der Waals surface area contributed by atoms with Crippen molar-refractivity contribution in [3.8, 4) is 5.75 Å². The van der Waals surface area contributed by atoms with Gasteiger partial charge in [-0.1, -0.05) is 0 Å². The van der Waals surface area contributed by atoms with Crippen LogP contribution in [-0.2, 0) is 10.0 Å². The Balaban J connectivity index is 2.26. The number of benzene rings is 1. The fraction of sp³-hybridized carbons (Fsp3) is 0.0833. The Morgan fingerprint density at radius 3 is 2.32 bits per heavy atom. The van der Waals surface area contributed by atoms with E-state index in [2.05, 4.69) is 9.71 Å². The molecule has 2 aromatic rings. The monoisotopic (exact) mass is 280 g/mol. The highest BCUT2D eigenvalue weighted by Crippen LogP contribution is 2.18. The van der Waals surface area contributed by atoms with Crippen molar-refractivity contribution >= 4 is 15.7 Å². The molecule has 0 spiro atoms. The van der Waals surface area contributed by atoms with Gasteiger partial charge in [0.1, 0.15) is 5.75 Å². The summed E-state index contributed by atoms with van der Waals surface area (Å²) in [6.07, 6.45) is 1.30. The number of methoxy groups -OCH3 is 1. The Hall–Kier alpha value is -2.28. The molecule has 2 rings (SSSR count). The van der Waals surface area contributed by atoms with E-state index >= 15 is 0 Å². The van der Waals surface area contributed by atoms with E-state index < -0.39 is 10.0 Å². The smallest absolute Gasteiger partial charge is 0.261 e. The average molecular weight is 280 g/mol. The lowest BCUT2D eigenvalue weighted by molar-refractivity contribution is 0.414. The Morgan fingerprint density at radius 1 is 1.11 bits per heavy atom. The SMILES string of the molecule is COc1ccc(S(=O)(=O)Nc2ccc(=O)[nH]c2)cc1. The first kappa shape index (κ1) is 13.2. The average Bonchev–Trinajstić information content (AvgIpc) is 2.41. The van der Waals surface area contributed by atoms with Gasteiger partial charge in [0.15, 0.2) is 0 Å². The lowest BCUT2D eigenvalue weighted by Gasteiger charge is -2.08. The second kappa shape index (κ2) is 5.15. The van der Waals surface area contributed by atoms with Gasteiger partial charge < -0.3 is 9.72 Å². The van der Waals surface area contributed by atoms with Crippen LogP contribution in [0, 0.1) is 0 Å². The van der Waals surface area contributed by atoms with Crippen molar-refractivity contribution < 1.29 is 13.2 Å². The zero-order valence-corrected chi connectivity index (χ0v) is 10.9. The molecule has 0 atom stereocenters. The molecular weight excluding hydrogens is 268 g/mol. The minimum absolute atomic E-state index is 0.111. The van der Waals surface area contributed by atoms with E-state index in [0.29, 0.717) is 5.75 Å². The molecule has 1 aromatic carbocycles. The molecule has 0 aliphatic heterocycles. The molecule has 0 aliphatic carbocycles. The molecule has 19 heavy (non-hydrogen) atoms. The Bertz CT molecular complexity index is 700. The second-order valence-corrected chi connectivity index (χ2v) is 5.41. The minimum Gasteiger partial charge on any atom is -0.497 e. The van der Waals surface area contributed by atoms with Crippen LogP contribution in [0.1, 0.15) is 0 Å². The van der Waals surface area contributed by atoms with E-state index in [1.807, 2.05) is 0 Å². The van der Waals surface area contributed by atoms with E-state index in [1.54, 1.807) is 12.1 Å². The van der Waals surface area contributed by atoms with Crippen LogP contribution in [0.5, 0.6) is 5.75 Å². The number of aromatic amines is 1. The molecule has 0 saturated carbocycles. The molecule has 0 saturated heterocycles. The van der Waals surface area contributed by atoms with Crippen molar-refractivity contribution in [1.82, 2.24) is 4.98 Å². The molecule has 7 heteroatoms. The van der Waals surface area contributed by atoms with E-state index in [1.165, 1.54) is 37.6 Å². The highest BCUT2D eigenvalue weighted by atomic mass is 32.2. The van der Waals surface area contributed by atoms with Crippen LogP contribution in [0.4, 0.5) is 5.69 Å². The summed E-state index contributed by atoms with van der Waals surface area (Å²) >= 11 is 0. The van der Waals surface area contributed by atoms with Gasteiger partial charge in [-0.2, -0.15) is 0 Å². The summed E-state index contributed by atoms with van der Waals surface area (Å²) in [6, 6.07) is 8.62. The maximum atomic E-state index is 12.0. The topological polar surface area (TPSA) is 88.3 Å². The van der Waals surface area contributed by atoms with Crippen molar-refractivity contribution in [3.05, 3.63) is 52.9 Å². The van der Waals surface area contributed by atoms with Gasteiger partial charge in [-0.15, -0.1) is 0 Å². The van der Waals surface area contributed by atoms with Crippen LogP contribution >= 0.6 is 0 Å². The normalized spacial score (nSPS) is 11.0. The van der Waals surface area contributed by atoms with Crippen LogP contribution in [0.3, 0.4) is 0 Å². The van der Waals surface area contributed by atoms with Gasteiger partial charge >= 0.3 is 0 Å². The highest BCUT2D eigenvalue weighted by molar-refractivity contribution is 7.92. The summed E-state index contributed by atoms with van der Waals surface area (Å²) in [5.74, 6) is 0.572. The second-order valence-electron chi connectivity index (χ2n) is 3.72. The van der Waals surface area contributed by atoms with Gasteiger partial charge in [0, 0.05) is 12.3 Å². The highest BCUT2D eigenvalue weighted by Gasteiger charge is 2.13. The molecular formula is C12H12N2O4S. The predicted molar refractivity (Wildman–Crippen MR) is 70.9 cm³/mol. The van der Waals surface area contributed by atoms with Crippen molar-refractivity contribution in [3.63, 3.8) is 0 Å². The van der Waals surface area contributed by atoms with Crippen molar-refractivity contribution in [1.29, 1.82) is 0 Å². The van der Waals surface area contributed by atoms with Crippen LogP contribution in [0.2, 0.25) is 0 Å². The molecule has 1 aromatic heterocycles. The summed E-state index contributed by atoms with van der Waals surface area (Å²) in [5, 5.41) is 0. The number of ether oxygens (including phenoxy) is 1. The van der Waals surface area contributed by atoms with E-state index in [4.69, 9.17) is 4.74 Å². The number of H-pyrrole nitrogens is 1. The first-order chi connectivity index (χ1) is 9.01. The molecule has 100 valence electrons. The van der Waals surface area contributed by atoms with E-state index in [-0.39, 0.29) is 16.1 Å². The number of rotatable bonds is 4. The largest absolute Gasteiger partial charge is 0.497 e. The number of nitrogens with one attached hydrogen (secondary N) is 2. The zero-order valence-electron chi connectivity index (χ0n) is 10.1. The van der Waals surface area contributed by atoms with E-state index in [0.717, 1.165) is 0 Å². The van der Waals surface area contributed by atoms with Crippen LogP contribution in [0.25, 0.3) is 0 Å². The third kappa shape index (κ3) is 3.14. The van der Waals surface area contributed by atoms with Crippen LogP contribution in [0.15, 0.2) is 52.3 Å². The first-order valence-corrected chi connectivity index (χ1v) is 6.85. The molecule has 6 nitrogen and oxygen atoms in total. The number of anilines is 1. The van der Waals surface area contributed by atoms with Crippen molar-refractivity contribution in [2.24, 2.45) is 0 Å². The Labute approximate surface area is 110 Å². The maximum absolute atomic E-state index is 12.0. The van der Waals surface area contributed by atoms with Gasteiger partial charge in [-0.3, -0.25) is 9.52 Å². The van der Waals surface area contributed by atoms with Crippen molar-refractivity contribution in [2.75, 3.05) is 11.8 Å². The van der Waals surface area contributed by atoms with Gasteiger partial charge in [0.05, 0.1) is 17.7 Å². The number of aromatic nitrogens is 1. The van der Waals surface area contributed by atoms with Crippen molar-refractivity contribution in [2.45, 2.75) is 4.90 Å². The summed E-state index contributed by atoms with van der Waals surface area (Å²) in [5.41, 5.74) is -0.0113. The molecule has 0 fully saturated rings. The number of pyridine rings is 1. The third-order valence-electron chi connectivity index (χ3n) is 2.41. The molecule has 2 N–H and O–H groups in total. The molecule has 0 amide bonds. The Kier molecular flexibility index (Phi) is 3.57. The fourth-order valence-corrected chi connectivity index (χ4v) is 2.49. The Morgan fingerprint density at radius 2 is 1.79 bits per heavy atom. The lowest BCUT2D eigenvalue weighted by atomic mass is 10.3. The first-order valence-electron chi connectivity index (χ1n) is 5.37. The molecule has 1 heterocycles. The van der Waals surface area contributed by atoms with E-state index in [9.17, 15) is 13.2 Å². The number of sulfonamides is 1. The van der Waals surface area contributed by atoms with Gasteiger partial charge in [-0.05, 0) is 30.3 Å². The summed E-state index contributed by atoms with van der Waals surface area (Å²) in [7, 11) is -2.18. The van der Waals surface area contributed by atoms with Crippen LogP contribution < -0.4 is 15.0 Å². The third-order valence-corrected chi connectivity index (χ3v) is 3.80. The van der Waals surface area contributed by atoms with Crippen LogP contribution in [-0.4, -0.2) is 20.5 Å². The maximum Gasteiger partial charge on any atom is 0.261 e. The summed E-state index contributed by atoms with van der Waals surface area (Å²) < 4.78 is 31.4. The quantitative estimate of drug-likeness (QED) is 0.880. The van der Waals surface area contributed by atoms with Gasteiger partial charge in [0.2, 0.25) is 5.56 Å². The van der Waals surface area contributed by atoms with Gasteiger partial charge in [-0.25, -0.2) is 8.42 Å². The minimum atomic E-state index is -3.68. The lowest BCUT2D eigenvalue weighted by Crippen LogP contribution is -2.14. The number of hydrogen-bond acceptors (Lipinski definition) is 4. The predicted octanol–water partition coefficient (Wildman–Crippen LogP) is 1.18. The zero-order chi connectivity index (χ0) is 13.9. The molecule has 0 aliphatic rings. The number of hydrogen-bond donors (Lipinski definition) is 2. The fourth-order valence-electron chi connectivity index (χ4n) is 1.44. The molecule has 0 bridgehead atoms. The summed E-state index contributed by atoms with van der Waals surface area (Å²) in [6.45, 7) is 0. The van der Waals surface area contributed by atoms with Gasteiger partial charge in [0.25, 0.3) is 10.0 Å². The summed E-state index contributed by atoms with van der Waals surface area (Å²) in [4.78, 5) is 13.4. The molecule has 0 radical (unpaired) electrons. The molecule has 0 unspecified atom stereocenters. The standard InChI is InChI=1S/C12H12N2O4S/c1-18-10-3-5-11(6-4-10)19(16,17)14-9-2-7-12(15)13-8-9/h2-8,14H,1H3,(H,13,15).